The van der Waals surface area contributed by atoms with Crippen molar-refractivity contribution >= 4 is 35.6 Å². The average Bonchev–Trinajstić information content (AvgIpc) is 2.67. The molecule has 3 rings (SSSR count). The minimum Gasteiger partial charge on any atom is -0.457 e. The Balaban J connectivity index is 0.00000300. The Labute approximate surface area is 189 Å². The van der Waals surface area contributed by atoms with Crippen molar-refractivity contribution in [3.8, 4) is 11.5 Å². The van der Waals surface area contributed by atoms with Crippen LogP contribution in [-0.2, 0) is 13.1 Å². The van der Waals surface area contributed by atoms with Crippen LogP contribution in [0.25, 0.3) is 0 Å². The number of para-hydroxylation sites is 1. The van der Waals surface area contributed by atoms with E-state index in [9.17, 15) is 0 Å². The van der Waals surface area contributed by atoms with Crippen LogP contribution in [-0.4, -0.2) is 25.0 Å². The second-order valence-electron chi connectivity index (χ2n) is 6.83. The van der Waals surface area contributed by atoms with Gasteiger partial charge >= 0.3 is 0 Å². The van der Waals surface area contributed by atoms with Crippen molar-refractivity contribution < 1.29 is 4.74 Å². The molecule has 29 heavy (non-hydrogen) atoms. The number of hydrogen-bond acceptors (Lipinski definition) is 3. The summed E-state index contributed by atoms with van der Waals surface area (Å²) in [5, 5.41) is 3.12. The third kappa shape index (κ3) is 7.75. The van der Waals surface area contributed by atoms with Gasteiger partial charge in [0.1, 0.15) is 11.5 Å². The van der Waals surface area contributed by atoms with E-state index in [1.54, 1.807) is 0 Å². The van der Waals surface area contributed by atoms with Crippen LogP contribution in [0.5, 0.6) is 11.5 Å². The third-order valence-electron chi connectivity index (χ3n) is 4.01. The summed E-state index contributed by atoms with van der Waals surface area (Å²) in [4.78, 5) is 6.59. The second kappa shape index (κ2) is 11.4. The summed E-state index contributed by atoms with van der Waals surface area (Å²) in [6.07, 6.45) is 0. The molecule has 0 aliphatic rings. The van der Waals surface area contributed by atoms with Gasteiger partial charge in [-0.2, -0.15) is 0 Å². The highest BCUT2D eigenvalue weighted by Crippen LogP contribution is 2.23. The van der Waals surface area contributed by atoms with Gasteiger partial charge in [0, 0.05) is 18.3 Å². The van der Waals surface area contributed by atoms with Crippen LogP contribution in [0.3, 0.4) is 0 Å². The molecule has 6 heteroatoms. The molecular formula is C23H27IN4O. The highest BCUT2D eigenvalue weighted by molar-refractivity contribution is 14.0. The lowest BCUT2D eigenvalue weighted by molar-refractivity contribution is 0.402. The molecule has 5 nitrogen and oxygen atoms in total. The molecule has 0 amide bonds. The number of benzene rings is 3. The summed E-state index contributed by atoms with van der Waals surface area (Å²) in [7, 11) is 4.12. The van der Waals surface area contributed by atoms with Gasteiger partial charge in [0.2, 0.25) is 0 Å². The van der Waals surface area contributed by atoms with Gasteiger partial charge in [0.05, 0.1) is 6.54 Å². The smallest absolute Gasteiger partial charge is 0.193 e. The number of hydrogen-bond donors (Lipinski definition) is 2. The van der Waals surface area contributed by atoms with Crippen LogP contribution in [0.15, 0.2) is 83.9 Å². The first-order valence-corrected chi connectivity index (χ1v) is 9.21. The second-order valence-corrected chi connectivity index (χ2v) is 6.83. The molecule has 0 saturated heterocycles. The van der Waals surface area contributed by atoms with Gasteiger partial charge in [0.25, 0.3) is 0 Å². The highest BCUT2D eigenvalue weighted by atomic mass is 127. The maximum Gasteiger partial charge on any atom is 0.193 e. The number of rotatable bonds is 7. The Morgan fingerprint density at radius 2 is 1.59 bits per heavy atom. The molecule has 0 bridgehead atoms. The van der Waals surface area contributed by atoms with E-state index in [-0.39, 0.29) is 24.0 Å². The molecule has 152 valence electrons. The zero-order valence-corrected chi connectivity index (χ0v) is 19.0. The summed E-state index contributed by atoms with van der Waals surface area (Å²) in [5.74, 6) is 1.90. The number of nitrogens with two attached hydrogens (primary N) is 1. The first kappa shape index (κ1) is 22.7. The average molecular weight is 502 g/mol. The lowest BCUT2D eigenvalue weighted by Gasteiger charge is -2.11. The minimum atomic E-state index is 0. The van der Waals surface area contributed by atoms with Gasteiger partial charge in [0.15, 0.2) is 5.96 Å². The van der Waals surface area contributed by atoms with E-state index >= 15 is 0 Å². The number of nitrogens with zero attached hydrogens (tertiary/aromatic N) is 2. The lowest BCUT2D eigenvalue weighted by atomic mass is 10.1. The molecule has 0 heterocycles. The molecule has 3 aromatic rings. The van der Waals surface area contributed by atoms with Crippen molar-refractivity contribution in [2.75, 3.05) is 19.4 Å². The maximum atomic E-state index is 6.06. The van der Waals surface area contributed by atoms with Crippen molar-refractivity contribution in [3.63, 3.8) is 0 Å². The summed E-state index contributed by atoms with van der Waals surface area (Å²) in [5.41, 5.74) is 9.28. The van der Waals surface area contributed by atoms with Crippen LogP contribution in [0, 0.1) is 0 Å². The fourth-order valence-electron chi connectivity index (χ4n) is 2.82. The molecule has 0 aliphatic carbocycles. The Morgan fingerprint density at radius 1 is 0.897 bits per heavy atom. The van der Waals surface area contributed by atoms with E-state index in [4.69, 9.17) is 10.5 Å². The quantitative estimate of drug-likeness (QED) is 0.269. The van der Waals surface area contributed by atoms with Crippen molar-refractivity contribution in [2.45, 2.75) is 13.1 Å². The molecule has 0 radical (unpaired) electrons. The monoisotopic (exact) mass is 502 g/mol. The van der Waals surface area contributed by atoms with E-state index in [0.717, 1.165) is 29.3 Å². The van der Waals surface area contributed by atoms with E-state index in [2.05, 4.69) is 53.6 Å². The molecule has 0 unspecified atom stereocenters. The molecule has 3 aromatic carbocycles. The van der Waals surface area contributed by atoms with E-state index < -0.39 is 0 Å². The molecule has 0 aromatic heterocycles. The predicted molar refractivity (Wildman–Crippen MR) is 131 cm³/mol. The normalized spacial score (nSPS) is 11.1. The lowest BCUT2D eigenvalue weighted by Crippen LogP contribution is -2.22. The SMILES string of the molecule is CN(C)Cc1cccc(CN=C(N)Nc2cccc(Oc3ccccc3)c2)c1.I. The standard InChI is InChI=1S/C23H26N4O.HI/c1-27(2)17-19-9-6-8-18(14-19)16-25-23(24)26-20-10-7-13-22(15-20)28-21-11-4-3-5-12-21;/h3-15H,16-17H2,1-2H3,(H3,24,25,26);1H. The topological polar surface area (TPSA) is 62.9 Å². The molecule has 0 spiro atoms. The van der Waals surface area contributed by atoms with Gasteiger partial charge in [-0.25, -0.2) is 4.99 Å². The predicted octanol–water partition coefficient (Wildman–Crippen LogP) is 5.09. The Kier molecular flexibility index (Phi) is 8.95. The zero-order chi connectivity index (χ0) is 19.8. The molecule has 0 atom stereocenters. The Hall–Kier alpha value is -2.58. The highest BCUT2D eigenvalue weighted by Gasteiger charge is 2.01. The zero-order valence-electron chi connectivity index (χ0n) is 16.7. The first-order chi connectivity index (χ1) is 13.6. The molecule has 0 fully saturated rings. The number of anilines is 1. The van der Waals surface area contributed by atoms with E-state index in [1.165, 1.54) is 5.56 Å². The summed E-state index contributed by atoms with van der Waals surface area (Å²) in [6.45, 7) is 1.43. The maximum absolute atomic E-state index is 6.06. The number of nitrogens with one attached hydrogen (secondary N) is 1. The number of halogens is 1. The Bertz CT molecular complexity index is 929. The van der Waals surface area contributed by atoms with E-state index in [0.29, 0.717) is 12.5 Å². The van der Waals surface area contributed by atoms with Crippen LogP contribution < -0.4 is 15.8 Å². The largest absolute Gasteiger partial charge is 0.457 e. The van der Waals surface area contributed by atoms with Crippen LogP contribution >= 0.6 is 24.0 Å². The van der Waals surface area contributed by atoms with Crippen molar-refractivity contribution in [3.05, 3.63) is 90.0 Å². The molecular weight excluding hydrogens is 475 g/mol. The molecule has 0 aliphatic heterocycles. The summed E-state index contributed by atoms with van der Waals surface area (Å²) < 4.78 is 5.85. The third-order valence-corrected chi connectivity index (χ3v) is 4.01. The van der Waals surface area contributed by atoms with Gasteiger partial charge < -0.3 is 20.7 Å². The van der Waals surface area contributed by atoms with Crippen LogP contribution in [0.1, 0.15) is 11.1 Å². The van der Waals surface area contributed by atoms with Gasteiger partial charge in [-0.1, -0.05) is 48.5 Å². The van der Waals surface area contributed by atoms with Gasteiger partial charge in [-0.3, -0.25) is 0 Å². The minimum absolute atomic E-state index is 0. The Morgan fingerprint density at radius 3 is 2.34 bits per heavy atom. The van der Waals surface area contributed by atoms with E-state index in [1.807, 2.05) is 54.6 Å². The van der Waals surface area contributed by atoms with Crippen LogP contribution in [0.2, 0.25) is 0 Å². The van der Waals surface area contributed by atoms with Crippen molar-refractivity contribution in [1.29, 1.82) is 0 Å². The number of ether oxygens (including phenoxy) is 1. The van der Waals surface area contributed by atoms with Crippen molar-refractivity contribution in [2.24, 2.45) is 10.7 Å². The van der Waals surface area contributed by atoms with Gasteiger partial charge in [-0.05, 0) is 49.5 Å². The van der Waals surface area contributed by atoms with Crippen molar-refractivity contribution in [1.82, 2.24) is 4.90 Å². The summed E-state index contributed by atoms with van der Waals surface area (Å²) >= 11 is 0. The molecule has 0 saturated carbocycles. The van der Waals surface area contributed by atoms with Crippen LogP contribution in [0.4, 0.5) is 5.69 Å². The summed E-state index contributed by atoms with van der Waals surface area (Å²) in [6, 6.07) is 25.7. The number of guanidine groups is 1. The number of aliphatic imine (C=N–C) groups is 1. The fraction of sp³-hybridized carbons (Fsp3) is 0.174. The van der Waals surface area contributed by atoms with Gasteiger partial charge in [-0.15, -0.1) is 24.0 Å². The molecule has 3 N–H and O–H groups in total. The first-order valence-electron chi connectivity index (χ1n) is 9.21. The fourth-order valence-corrected chi connectivity index (χ4v) is 2.82.